The van der Waals surface area contributed by atoms with Gasteiger partial charge in [0.2, 0.25) is 0 Å². The Morgan fingerprint density at radius 3 is 2.20 bits per heavy atom. The van der Waals surface area contributed by atoms with Crippen LogP contribution in [0.3, 0.4) is 0 Å². The summed E-state index contributed by atoms with van der Waals surface area (Å²) in [5.41, 5.74) is 9.32. The first-order chi connectivity index (χ1) is 9.67. The molecule has 2 aliphatic rings. The smallest absolute Gasteiger partial charge is 0.0366 e. The van der Waals surface area contributed by atoms with Crippen LogP contribution in [0.25, 0.3) is 0 Å². The standard InChI is InChI=1S/C18H28N2/c1-15(19)14-16-4-6-17(7-5-16)20-12-10-18(11-13-20)8-2-3-9-18/h4-7,15H,2-3,8-14,19H2,1H3. The van der Waals surface area contributed by atoms with E-state index in [9.17, 15) is 0 Å². The van der Waals surface area contributed by atoms with E-state index in [1.54, 1.807) is 0 Å². The molecule has 20 heavy (non-hydrogen) atoms. The maximum atomic E-state index is 5.86. The quantitative estimate of drug-likeness (QED) is 0.908. The molecule has 1 unspecified atom stereocenters. The van der Waals surface area contributed by atoms with Crippen LogP contribution in [-0.2, 0) is 6.42 Å². The summed E-state index contributed by atoms with van der Waals surface area (Å²) in [6, 6.07) is 9.31. The van der Waals surface area contributed by atoms with Gasteiger partial charge in [0.1, 0.15) is 0 Å². The Morgan fingerprint density at radius 1 is 1.05 bits per heavy atom. The fourth-order valence-electron chi connectivity index (χ4n) is 4.08. The highest BCUT2D eigenvalue weighted by Gasteiger charge is 2.36. The van der Waals surface area contributed by atoms with E-state index in [-0.39, 0.29) is 6.04 Å². The van der Waals surface area contributed by atoms with Gasteiger partial charge in [0.25, 0.3) is 0 Å². The summed E-state index contributed by atoms with van der Waals surface area (Å²) in [6.45, 7) is 4.55. The monoisotopic (exact) mass is 272 g/mol. The van der Waals surface area contributed by atoms with Gasteiger partial charge in [-0.2, -0.15) is 0 Å². The average Bonchev–Trinajstić information content (AvgIpc) is 2.89. The zero-order valence-corrected chi connectivity index (χ0v) is 12.8. The van der Waals surface area contributed by atoms with Crippen LogP contribution in [0.15, 0.2) is 24.3 Å². The van der Waals surface area contributed by atoms with Crippen LogP contribution in [-0.4, -0.2) is 19.1 Å². The van der Waals surface area contributed by atoms with Gasteiger partial charge in [0.15, 0.2) is 0 Å². The third kappa shape index (κ3) is 3.01. The third-order valence-corrected chi connectivity index (χ3v) is 5.35. The Kier molecular flexibility index (Phi) is 4.02. The zero-order chi connectivity index (χ0) is 14.0. The van der Waals surface area contributed by atoms with Gasteiger partial charge in [-0.15, -0.1) is 0 Å². The van der Waals surface area contributed by atoms with Crippen LogP contribution in [0.1, 0.15) is 51.0 Å². The molecule has 1 aromatic rings. The van der Waals surface area contributed by atoms with Crippen LogP contribution in [0.2, 0.25) is 0 Å². The van der Waals surface area contributed by atoms with E-state index in [2.05, 4.69) is 36.1 Å². The van der Waals surface area contributed by atoms with E-state index in [0.717, 1.165) is 6.42 Å². The Labute approximate surface area is 123 Å². The Bertz CT molecular complexity index is 419. The summed E-state index contributed by atoms with van der Waals surface area (Å²) in [4.78, 5) is 2.57. The first kappa shape index (κ1) is 13.9. The van der Waals surface area contributed by atoms with Crippen molar-refractivity contribution in [2.75, 3.05) is 18.0 Å². The molecule has 1 aliphatic carbocycles. The molecule has 1 saturated carbocycles. The molecule has 2 N–H and O–H groups in total. The number of rotatable bonds is 3. The minimum absolute atomic E-state index is 0.248. The average molecular weight is 272 g/mol. The van der Waals surface area contributed by atoms with Crippen LogP contribution < -0.4 is 10.6 Å². The van der Waals surface area contributed by atoms with Gasteiger partial charge >= 0.3 is 0 Å². The molecule has 2 nitrogen and oxygen atoms in total. The molecule has 1 saturated heterocycles. The number of benzene rings is 1. The van der Waals surface area contributed by atoms with Crippen LogP contribution in [0.5, 0.6) is 0 Å². The summed E-state index contributed by atoms with van der Waals surface area (Å²) in [7, 11) is 0. The first-order valence-electron chi connectivity index (χ1n) is 8.26. The molecule has 1 heterocycles. The van der Waals surface area contributed by atoms with Crippen LogP contribution in [0.4, 0.5) is 5.69 Å². The Balaban J connectivity index is 1.60. The molecule has 1 atom stereocenters. The van der Waals surface area contributed by atoms with E-state index in [1.807, 2.05) is 0 Å². The van der Waals surface area contributed by atoms with E-state index in [4.69, 9.17) is 5.73 Å². The van der Waals surface area contributed by atoms with Gasteiger partial charge < -0.3 is 10.6 Å². The van der Waals surface area contributed by atoms with Crippen molar-refractivity contribution < 1.29 is 0 Å². The molecule has 0 radical (unpaired) electrons. The summed E-state index contributed by atoms with van der Waals surface area (Å²) in [5, 5.41) is 0. The van der Waals surface area contributed by atoms with Gasteiger partial charge in [-0.25, -0.2) is 0 Å². The van der Waals surface area contributed by atoms with Gasteiger partial charge in [-0.3, -0.25) is 0 Å². The van der Waals surface area contributed by atoms with Crippen molar-refractivity contribution in [1.82, 2.24) is 0 Å². The Morgan fingerprint density at radius 2 is 1.65 bits per heavy atom. The summed E-state index contributed by atoms with van der Waals surface area (Å²) < 4.78 is 0. The predicted molar refractivity (Wildman–Crippen MR) is 86.1 cm³/mol. The van der Waals surface area contributed by atoms with Crippen molar-refractivity contribution in [3.8, 4) is 0 Å². The van der Waals surface area contributed by atoms with Crippen molar-refractivity contribution >= 4 is 5.69 Å². The molecule has 3 rings (SSSR count). The van der Waals surface area contributed by atoms with Crippen molar-refractivity contribution in [3.05, 3.63) is 29.8 Å². The number of nitrogens with two attached hydrogens (primary N) is 1. The molecule has 2 fully saturated rings. The molecule has 110 valence electrons. The number of hydrogen-bond acceptors (Lipinski definition) is 2. The lowest BCUT2D eigenvalue weighted by molar-refractivity contribution is 0.226. The maximum absolute atomic E-state index is 5.86. The SMILES string of the molecule is CC(N)Cc1ccc(N2CCC3(CCCC3)CC2)cc1. The second kappa shape index (κ2) is 5.77. The van der Waals surface area contributed by atoms with Gasteiger partial charge in [-0.05, 0) is 62.1 Å². The Hall–Kier alpha value is -1.02. The molecule has 0 bridgehead atoms. The maximum Gasteiger partial charge on any atom is 0.0366 e. The summed E-state index contributed by atoms with van der Waals surface area (Å²) in [5.74, 6) is 0. The highest BCUT2D eigenvalue weighted by Crippen LogP contribution is 2.46. The molecular weight excluding hydrogens is 244 g/mol. The van der Waals surface area contributed by atoms with E-state index in [0.29, 0.717) is 5.41 Å². The lowest BCUT2D eigenvalue weighted by Crippen LogP contribution is -2.38. The van der Waals surface area contributed by atoms with Gasteiger partial charge in [0, 0.05) is 24.8 Å². The fraction of sp³-hybridized carbons (Fsp3) is 0.667. The molecule has 1 spiro atoms. The molecule has 1 aromatic carbocycles. The van der Waals surface area contributed by atoms with Crippen molar-refractivity contribution in [2.24, 2.45) is 11.1 Å². The number of nitrogens with zero attached hydrogens (tertiary/aromatic N) is 1. The van der Waals surface area contributed by atoms with Crippen molar-refractivity contribution in [3.63, 3.8) is 0 Å². The first-order valence-corrected chi connectivity index (χ1v) is 8.26. The molecule has 0 aromatic heterocycles. The van der Waals surface area contributed by atoms with Crippen molar-refractivity contribution in [1.29, 1.82) is 0 Å². The van der Waals surface area contributed by atoms with Gasteiger partial charge in [0.05, 0.1) is 0 Å². The fourth-order valence-corrected chi connectivity index (χ4v) is 4.08. The van der Waals surface area contributed by atoms with Crippen LogP contribution >= 0.6 is 0 Å². The molecule has 2 heteroatoms. The molecule has 0 amide bonds. The topological polar surface area (TPSA) is 29.3 Å². The number of piperidine rings is 1. The van der Waals surface area contributed by atoms with Crippen LogP contribution in [0, 0.1) is 5.41 Å². The largest absolute Gasteiger partial charge is 0.371 e. The normalized spacial score (nSPS) is 23.2. The highest BCUT2D eigenvalue weighted by atomic mass is 15.1. The lowest BCUT2D eigenvalue weighted by atomic mass is 9.77. The van der Waals surface area contributed by atoms with E-state index >= 15 is 0 Å². The minimum atomic E-state index is 0.248. The number of hydrogen-bond donors (Lipinski definition) is 1. The van der Waals surface area contributed by atoms with Gasteiger partial charge in [-0.1, -0.05) is 25.0 Å². The van der Waals surface area contributed by atoms with Crippen molar-refractivity contribution in [2.45, 2.75) is 57.9 Å². The highest BCUT2D eigenvalue weighted by molar-refractivity contribution is 5.48. The second-order valence-corrected chi connectivity index (χ2v) is 7.04. The molecular formula is C18H28N2. The zero-order valence-electron chi connectivity index (χ0n) is 12.8. The second-order valence-electron chi connectivity index (χ2n) is 7.04. The lowest BCUT2D eigenvalue weighted by Gasteiger charge is -2.40. The third-order valence-electron chi connectivity index (χ3n) is 5.35. The van der Waals surface area contributed by atoms with E-state index < -0.39 is 0 Å². The summed E-state index contributed by atoms with van der Waals surface area (Å²) >= 11 is 0. The minimum Gasteiger partial charge on any atom is -0.371 e. The van der Waals surface area contributed by atoms with E-state index in [1.165, 1.54) is 62.9 Å². The number of anilines is 1. The summed E-state index contributed by atoms with van der Waals surface area (Å²) in [6.07, 6.45) is 9.66. The molecule has 1 aliphatic heterocycles. The predicted octanol–water partition coefficient (Wildman–Crippen LogP) is 3.74.